The van der Waals surface area contributed by atoms with Gasteiger partial charge in [0.05, 0.1) is 5.41 Å². The van der Waals surface area contributed by atoms with Gasteiger partial charge in [0, 0.05) is 23.8 Å². The normalized spacial score (nSPS) is 14.6. The first-order valence-corrected chi connectivity index (χ1v) is 9.39. The molecule has 1 amide bonds. The Bertz CT molecular complexity index is 1050. The van der Waals surface area contributed by atoms with Gasteiger partial charge in [0.2, 0.25) is 11.6 Å². The third-order valence-corrected chi connectivity index (χ3v) is 5.67. The number of fused-ring (bicyclic) bond motifs is 2. The third-order valence-electron chi connectivity index (χ3n) is 5.67. The van der Waals surface area contributed by atoms with E-state index in [9.17, 15) is 14.7 Å². The van der Waals surface area contributed by atoms with E-state index in [-0.39, 0.29) is 12.3 Å². The average Bonchev–Trinajstić information content (AvgIpc) is 3.04. The molecule has 0 saturated carbocycles. The van der Waals surface area contributed by atoms with Crippen LogP contribution in [0.25, 0.3) is 10.8 Å². The molecule has 5 heteroatoms. The molecule has 28 heavy (non-hydrogen) atoms. The lowest BCUT2D eigenvalue weighted by Gasteiger charge is -2.28. The molecule has 1 aliphatic rings. The topological polar surface area (TPSA) is 73.1 Å². The van der Waals surface area contributed by atoms with E-state index < -0.39 is 11.4 Å². The third kappa shape index (κ3) is 3.36. The molecule has 2 aromatic carbocycles. The summed E-state index contributed by atoms with van der Waals surface area (Å²) in [4.78, 5) is 24.5. The predicted octanol–water partition coefficient (Wildman–Crippen LogP) is 1.21. The molecule has 0 radical (unpaired) electrons. The summed E-state index contributed by atoms with van der Waals surface area (Å²) in [6.45, 7) is 0.339. The minimum atomic E-state index is -1.20. The maximum Gasteiger partial charge on any atom is 0.227 e. The fourth-order valence-electron chi connectivity index (χ4n) is 4.20. The van der Waals surface area contributed by atoms with Crippen molar-refractivity contribution in [1.82, 2.24) is 5.32 Å². The minimum absolute atomic E-state index is 0.235. The number of carboxylic acids is 1. The minimum Gasteiger partial charge on any atom is -0.550 e. The second-order valence-electron chi connectivity index (χ2n) is 7.64. The number of hydrogen-bond acceptors (Lipinski definition) is 3. The highest BCUT2D eigenvalue weighted by Crippen LogP contribution is 2.39. The van der Waals surface area contributed by atoms with Crippen molar-refractivity contribution >= 4 is 22.6 Å². The molecule has 3 aromatic rings. The van der Waals surface area contributed by atoms with E-state index in [0.717, 1.165) is 27.6 Å². The molecule has 0 aliphatic heterocycles. The molecular weight excluding hydrogens is 352 g/mol. The molecule has 1 aliphatic carbocycles. The highest BCUT2D eigenvalue weighted by molar-refractivity contribution is 5.88. The molecule has 4 rings (SSSR count). The van der Waals surface area contributed by atoms with Crippen LogP contribution in [0, 0.1) is 5.41 Å². The SMILES string of the molecule is C[n+]1cc2ccccc2cc1CNC(=O)C1(CC(=O)[O-])Cc2ccccc2C1. The van der Waals surface area contributed by atoms with Gasteiger partial charge >= 0.3 is 0 Å². The maximum absolute atomic E-state index is 13.1. The van der Waals surface area contributed by atoms with Crippen LogP contribution in [-0.2, 0) is 36.0 Å². The number of pyridine rings is 1. The summed E-state index contributed by atoms with van der Waals surface area (Å²) in [6.07, 6.45) is 2.59. The summed E-state index contributed by atoms with van der Waals surface area (Å²) >= 11 is 0. The standard InChI is InChI=1S/C23H22N2O3/c1-25-15-19-9-5-2-6-16(19)10-20(25)14-24-22(28)23(13-21(26)27)11-17-7-3-4-8-18(17)12-23/h2-10,15H,11-14H2,1H3,(H-,24,26,27,28). The Balaban J connectivity index is 1.56. The zero-order valence-electron chi connectivity index (χ0n) is 15.8. The Hall–Kier alpha value is -3.21. The summed E-state index contributed by atoms with van der Waals surface area (Å²) < 4.78 is 1.98. The van der Waals surface area contributed by atoms with Crippen LogP contribution in [0.15, 0.2) is 60.8 Å². The fraction of sp³-hybridized carbons (Fsp3) is 0.261. The number of aryl methyl sites for hydroxylation is 1. The molecule has 0 saturated heterocycles. The number of carbonyl (C=O) groups is 2. The van der Waals surface area contributed by atoms with E-state index >= 15 is 0 Å². The first-order valence-electron chi connectivity index (χ1n) is 9.39. The second kappa shape index (κ2) is 7.08. The van der Waals surface area contributed by atoms with E-state index in [1.807, 2.05) is 72.4 Å². The van der Waals surface area contributed by atoms with Crippen molar-refractivity contribution < 1.29 is 19.3 Å². The van der Waals surface area contributed by atoms with Crippen LogP contribution >= 0.6 is 0 Å². The first kappa shape index (κ1) is 18.2. The number of rotatable bonds is 5. The van der Waals surface area contributed by atoms with Crippen molar-refractivity contribution in [3.63, 3.8) is 0 Å². The summed E-state index contributed by atoms with van der Waals surface area (Å²) in [7, 11) is 1.94. The lowest BCUT2D eigenvalue weighted by atomic mass is 9.80. The maximum atomic E-state index is 13.1. The van der Waals surface area contributed by atoms with Crippen LogP contribution in [-0.4, -0.2) is 11.9 Å². The van der Waals surface area contributed by atoms with Crippen LogP contribution in [0.4, 0.5) is 0 Å². The van der Waals surface area contributed by atoms with Crippen LogP contribution in [0.3, 0.4) is 0 Å². The van der Waals surface area contributed by atoms with Crippen LogP contribution in [0.1, 0.15) is 23.2 Å². The van der Waals surface area contributed by atoms with Gasteiger partial charge in [-0.25, -0.2) is 4.57 Å². The van der Waals surface area contributed by atoms with Gasteiger partial charge in [-0.2, -0.15) is 0 Å². The van der Waals surface area contributed by atoms with Gasteiger partial charge in [-0.05, 0) is 35.4 Å². The first-order chi connectivity index (χ1) is 13.5. The highest BCUT2D eigenvalue weighted by Gasteiger charge is 2.43. The lowest BCUT2D eigenvalue weighted by molar-refractivity contribution is -0.678. The Morgan fingerprint density at radius 2 is 1.64 bits per heavy atom. The van der Waals surface area contributed by atoms with Gasteiger partial charge in [-0.3, -0.25) is 4.79 Å². The van der Waals surface area contributed by atoms with Crippen molar-refractivity contribution in [2.75, 3.05) is 0 Å². The number of aromatic nitrogens is 1. The quantitative estimate of drug-likeness (QED) is 0.682. The molecule has 5 nitrogen and oxygen atoms in total. The molecule has 0 fully saturated rings. The van der Waals surface area contributed by atoms with Crippen LogP contribution in [0.2, 0.25) is 0 Å². The van der Waals surface area contributed by atoms with Crippen LogP contribution < -0.4 is 15.0 Å². The number of aliphatic carboxylic acids is 1. The summed E-state index contributed by atoms with van der Waals surface area (Å²) in [6, 6.07) is 17.9. The monoisotopic (exact) mass is 374 g/mol. The van der Waals surface area contributed by atoms with E-state index in [4.69, 9.17) is 0 Å². The van der Waals surface area contributed by atoms with Gasteiger partial charge < -0.3 is 15.2 Å². The molecule has 142 valence electrons. The van der Waals surface area contributed by atoms with Gasteiger partial charge in [0.1, 0.15) is 13.6 Å². The number of hydrogen-bond donors (Lipinski definition) is 1. The predicted molar refractivity (Wildman–Crippen MR) is 103 cm³/mol. The van der Waals surface area contributed by atoms with Crippen molar-refractivity contribution in [1.29, 1.82) is 0 Å². The van der Waals surface area contributed by atoms with Crippen molar-refractivity contribution in [3.05, 3.63) is 77.6 Å². The smallest absolute Gasteiger partial charge is 0.227 e. The van der Waals surface area contributed by atoms with Crippen molar-refractivity contribution in [2.45, 2.75) is 25.8 Å². The highest BCUT2D eigenvalue weighted by atomic mass is 16.4. The molecule has 0 spiro atoms. The van der Waals surface area contributed by atoms with Gasteiger partial charge in [0.15, 0.2) is 6.20 Å². The molecule has 1 N–H and O–H groups in total. The van der Waals surface area contributed by atoms with E-state index in [2.05, 4.69) is 5.32 Å². The number of carboxylic acid groups (broad SMARTS) is 1. The number of amides is 1. The van der Waals surface area contributed by atoms with E-state index in [1.165, 1.54) is 0 Å². The van der Waals surface area contributed by atoms with E-state index in [1.54, 1.807) is 0 Å². The Labute approximate surface area is 163 Å². The number of benzene rings is 2. The molecule has 0 bridgehead atoms. The molecule has 1 heterocycles. The molecular formula is C23H22N2O3. The summed E-state index contributed by atoms with van der Waals surface area (Å²) in [5.74, 6) is -1.43. The van der Waals surface area contributed by atoms with Crippen LogP contribution in [0.5, 0.6) is 0 Å². The average molecular weight is 374 g/mol. The number of carbonyl (C=O) groups excluding carboxylic acids is 2. The molecule has 0 unspecified atom stereocenters. The Morgan fingerprint density at radius 3 is 2.29 bits per heavy atom. The fourth-order valence-corrected chi connectivity index (χ4v) is 4.20. The lowest BCUT2D eigenvalue weighted by Crippen LogP contribution is -2.46. The van der Waals surface area contributed by atoms with Crippen molar-refractivity contribution in [2.24, 2.45) is 12.5 Å². The number of nitrogens with zero attached hydrogens (tertiary/aromatic N) is 1. The largest absolute Gasteiger partial charge is 0.550 e. The molecule has 1 aromatic heterocycles. The second-order valence-corrected chi connectivity index (χ2v) is 7.64. The zero-order chi connectivity index (χ0) is 19.7. The summed E-state index contributed by atoms with van der Waals surface area (Å²) in [5.41, 5.74) is 2.04. The van der Waals surface area contributed by atoms with Gasteiger partial charge in [-0.15, -0.1) is 0 Å². The Morgan fingerprint density at radius 1 is 1.04 bits per heavy atom. The van der Waals surface area contributed by atoms with E-state index in [0.29, 0.717) is 19.4 Å². The summed E-state index contributed by atoms with van der Waals surface area (Å²) in [5, 5.41) is 16.6. The van der Waals surface area contributed by atoms with Crippen molar-refractivity contribution in [3.8, 4) is 0 Å². The Kier molecular flexibility index (Phi) is 4.59. The zero-order valence-corrected chi connectivity index (χ0v) is 15.8. The molecule has 0 atom stereocenters. The van der Waals surface area contributed by atoms with Gasteiger partial charge in [0.25, 0.3) is 0 Å². The number of nitrogens with one attached hydrogen (secondary N) is 1. The van der Waals surface area contributed by atoms with Gasteiger partial charge in [-0.1, -0.05) is 42.5 Å².